The van der Waals surface area contributed by atoms with Crippen LogP contribution in [-0.4, -0.2) is 27.2 Å². The lowest BCUT2D eigenvalue weighted by Gasteiger charge is -2.08. The Hall–Kier alpha value is -2.44. The molecule has 0 saturated heterocycles. The van der Waals surface area contributed by atoms with Gasteiger partial charge < -0.3 is 5.32 Å². The molecule has 20 heavy (non-hydrogen) atoms. The maximum absolute atomic E-state index is 11.8. The number of rotatable bonds is 5. The van der Waals surface area contributed by atoms with Gasteiger partial charge in [-0.1, -0.05) is 25.1 Å². The minimum atomic E-state index is -0.676. The number of nitrogens with zero attached hydrogens (tertiary/aromatic N) is 3. The predicted octanol–water partition coefficient (Wildman–Crippen LogP) is 0.670. The van der Waals surface area contributed by atoms with E-state index in [0.717, 1.165) is 4.57 Å². The van der Waals surface area contributed by atoms with Gasteiger partial charge in [-0.3, -0.25) is 14.3 Å². The average Bonchev–Trinajstić information content (AvgIpc) is 2.79. The van der Waals surface area contributed by atoms with Gasteiger partial charge in [-0.15, -0.1) is 0 Å². The van der Waals surface area contributed by atoms with Crippen LogP contribution in [0.25, 0.3) is 11.5 Å². The number of hydrogen-bond acceptors (Lipinski definition) is 5. The Bertz CT molecular complexity index is 631. The van der Waals surface area contributed by atoms with Gasteiger partial charge in [0, 0.05) is 12.7 Å². The van der Waals surface area contributed by atoms with Crippen molar-refractivity contribution in [3.05, 3.63) is 34.9 Å². The summed E-state index contributed by atoms with van der Waals surface area (Å²) >= 11 is 0. The number of amides is 1. The minimum absolute atomic E-state index is 0.138. The average molecular weight is 276 g/mol. The van der Waals surface area contributed by atoms with E-state index in [-0.39, 0.29) is 18.3 Å². The largest absolute Gasteiger partial charge is 0.442 e. The molecular formula is C13H16N4O3. The van der Waals surface area contributed by atoms with Crippen LogP contribution in [-0.2, 0) is 11.3 Å². The first-order valence-corrected chi connectivity index (χ1v) is 6.32. The molecular weight excluding hydrogens is 260 g/mol. The van der Waals surface area contributed by atoms with Crippen molar-refractivity contribution in [1.82, 2.24) is 20.0 Å². The molecule has 2 aromatic rings. The highest BCUT2D eigenvalue weighted by atomic mass is 16.5. The van der Waals surface area contributed by atoms with Crippen molar-refractivity contribution in [3.63, 3.8) is 0 Å². The summed E-state index contributed by atoms with van der Waals surface area (Å²) in [6.07, 6.45) is 1.58. The second-order valence-corrected chi connectivity index (χ2v) is 4.77. The zero-order valence-corrected chi connectivity index (χ0v) is 11.4. The highest BCUT2D eigenvalue weighted by molar-refractivity contribution is 5.76. The standard InChI is InChI=1S/C13H16N4O3/c1-9(2)7-15-11(18)8-17-12(16-20-13(17)19)10-5-3-4-6-14-10/h3-6,9H,7-8H2,1-2H3,(H,15,18). The molecule has 2 aromatic heterocycles. The molecule has 0 aliphatic heterocycles. The van der Waals surface area contributed by atoms with Gasteiger partial charge in [-0.25, -0.2) is 9.36 Å². The highest BCUT2D eigenvalue weighted by Crippen LogP contribution is 2.11. The topological polar surface area (TPSA) is 90.0 Å². The maximum Gasteiger partial charge on any atom is 0.442 e. The summed E-state index contributed by atoms with van der Waals surface area (Å²) < 4.78 is 5.78. The van der Waals surface area contributed by atoms with Crippen molar-refractivity contribution < 1.29 is 9.32 Å². The van der Waals surface area contributed by atoms with Gasteiger partial charge in [0.15, 0.2) is 0 Å². The summed E-state index contributed by atoms with van der Waals surface area (Å²) in [4.78, 5) is 27.5. The predicted molar refractivity (Wildman–Crippen MR) is 71.8 cm³/mol. The van der Waals surface area contributed by atoms with Crippen molar-refractivity contribution in [2.45, 2.75) is 20.4 Å². The minimum Gasteiger partial charge on any atom is -0.354 e. The van der Waals surface area contributed by atoms with E-state index in [9.17, 15) is 9.59 Å². The Morgan fingerprint density at radius 2 is 2.25 bits per heavy atom. The van der Waals surface area contributed by atoms with Crippen LogP contribution in [0.3, 0.4) is 0 Å². The van der Waals surface area contributed by atoms with E-state index >= 15 is 0 Å². The van der Waals surface area contributed by atoms with Gasteiger partial charge in [0.2, 0.25) is 11.7 Å². The fourth-order valence-electron chi connectivity index (χ4n) is 1.60. The number of nitrogens with one attached hydrogen (secondary N) is 1. The fourth-order valence-corrected chi connectivity index (χ4v) is 1.60. The van der Waals surface area contributed by atoms with Crippen molar-refractivity contribution >= 4 is 5.91 Å². The Kier molecular flexibility index (Phi) is 4.29. The number of carbonyl (C=O) groups excluding carboxylic acids is 1. The summed E-state index contributed by atoms with van der Waals surface area (Å²) in [5.74, 6) is -0.352. The molecule has 2 rings (SSSR count). The highest BCUT2D eigenvalue weighted by Gasteiger charge is 2.16. The van der Waals surface area contributed by atoms with Crippen molar-refractivity contribution in [2.24, 2.45) is 5.92 Å². The summed E-state index contributed by atoms with van der Waals surface area (Å²) in [7, 11) is 0. The molecule has 0 saturated carbocycles. The van der Waals surface area contributed by atoms with Crippen LogP contribution in [0.2, 0.25) is 0 Å². The van der Waals surface area contributed by atoms with Crippen LogP contribution >= 0.6 is 0 Å². The van der Waals surface area contributed by atoms with Gasteiger partial charge in [0.1, 0.15) is 12.2 Å². The first-order chi connectivity index (χ1) is 9.58. The number of hydrogen-bond donors (Lipinski definition) is 1. The molecule has 1 N–H and O–H groups in total. The summed E-state index contributed by atoms with van der Waals surface area (Å²) in [5.41, 5.74) is 0.481. The lowest BCUT2D eigenvalue weighted by atomic mass is 10.2. The Morgan fingerprint density at radius 1 is 1.45 bits per heavy atom. The monoisotopic (exact) mass is 276 g/mol. The molecule has 0 aliphatic carbocycles. The zero-order chi connectivity index (χ0) is 14.5. The third kappa shape index (κ3) is 3.31. The third-order valence-corrected chi connectivity index (χ3v) is 2.59. The van der Waals surface area contributed by atoms with Crippen LogP contribution < -0.4 is 11.1 Å². The zero-order valence-electron chi connectivity index (χ0n) is 11.4. The van der Waals surface area contributed by atoms with Crippen molar-refractivity contribution in [3.8, 4) is 11.5 Å². The number of aromatic nitrogens is 3. The van der Waals surface area contributed by atoms with Crippen LogP contribution in [0.4, 0.5) is 0 Å². The van der Waals surface area contributed by atoms with E-state index in [1.807, 2.05) is 13.8 Å². The SMILES string of the molecule is CC(C)CNC(=O)Cn1c(-c2ccccn2)noc1=O. The fraction of sp³-hybridized carbons (Fsp3) is 0.385. The molecule has 0 unspecified atom stereocenters. The quantitative estimate of drug-likeness (QED) is 0.866. The molecule has 0 aliphatic rings. The molecule has 0 aromatic carbocycles. The van der Waals surface area contributed by atoms with Gasteiger partial charge in [-0.05, 0) is 18.1 Å². The summed E-state index contributed by atoms with van der Waals surface area (Å²) in [6.45, 7) is 4.40. The lowest BCUT2D eigenvalue weighted by Crippen LogP contribution is -2.33. The molecule has 0 radical (unpaired) electrons. The Balaban J connectivity index is 2.18. The third-order valence-electron chi connectivity index (χ3n) is 2.59. The molecule has 0 spiro atoms. The van der Waals surface area contributed by atoms with Crippen LogP contribution in [0.5, 0.6) is 0 Å². The lowest BCUT2D eigenvalue weighted by molar-refractivity contribution is -0.121. The van der Waals surface area contributed by atoms with E-state index in [2.05, 4.69) is 20.0 Å². The summed E-state index contributed by atoms with van der Waals surface area (Å²) in [5, 5.41) is 6.40. The summed E-state index contributed by atoms with van der Waals surface area (Å²) in [6, 6.07) is 5.21. The van der Waals surface area contributed by atoms with Gasteiger partial charge in [0.25, 0.3) is 0 Å². The molecule has 1 amide bonds. The van der Waals surface area contributed by atoms with E-state index in [1.54, 1.807) is 24.4 Å². The molecule has 0 fully saturated rings. The van der Waals surface area contributed by atoms with Gasteiger partial charge >= 0.3 is 5.76 Å². The second-order valence-electron chi connectivity index (χ2n) is 4.77. The van der Waals surface area contributed by atoms with Gasteiger partial charge in [0.05, 0.1) is 0 Å². The van der Waals surface area contributed by atoms with E-state index < -0.39 is 5.76 Å². The molecule has 2 heterocycles. The van der Waals surface area contributed by atoms with Crippen LogP contribution in [0.1, 0.15) is 13.8 Å². The van der Waals surface area contributed by atoms with E-state index in [4.69, 9.17) is 0 Å². The van der Waals surface area contributed by atoms with Crippen LogP contribution in [0.15, 0.2) is 33.7 Å². The molecule has 0 bridgehead atoms. The molecule has 106 valence electrons. The van der Waals surface area contributed by atoms with E-state index in [1.165, 1.54) is 0 Å². The molecule has 7 heteroatoms. The maximum atomic E-state index is 11.8. The normalized spacial score (nSPS) is 10.8. The smallest absolute Gasteiger partial charge is 0.354 e. The first kappa shape index (κ1) is 14.0. The number of pyridine rings is 1. The second kappa shape index (κ2) is 6.14. The molecule has 7 nitrogen and oxygen atoms in total. The van der Waals surface area contributed by atoms with Crippen molar-refractivity contribution in [2.75, 3.05) is 6.54 Å². The van der Waals surface area contributed by atoms with E-state index in [0.29, 0.717) is 18.2 Å². The number of carbonyl (C=O) groups is 1. The Labute approximate surface area is 115 Å². The van der Waals surface area contributed by atoms with Crippen molar-refractivity contribution in [1.29, 1.82) is 0 Å². The molecule has 0 atom stereocenters. The van der Waals surface area contributed by atoms with Gasteiger partial charge in [-0.2, -0.15) is 0 Å². The first-order valence-electron chi connectivity index (χ1n) is 6.32. The van der Waals surface area contributed by atoms with Crippen LogP contribution in [0, 0.1) is 5.92 Å². The Morgan fingerprint density at radius 3 is 2.90 bits per heavy atom.